The Morgan fingerprint density at radius 3 is 2.60 bits per heavy atom. The number of aliphatic hydroxyl groups excluding tert-OH is 1. The van der Waals surface area contributed by atoms with Gasteiger partial charge < -0.3 is 20.1 Å². The molecule has 3 N–H and O–H groups in total. The Bertz CT molecular complexity index is 677. The number of aliphatic hydroxyl groups is 1. The summed E-state index contributed by atoms with van der Waals surface area (Å²) < 4.78 is 1.39. The van der Waals surface area contributed by atoms with Crippen LogP contribution in [0.2, 0.25) is 0 Å². The van der Waals surface area contributed by atoms with Crippen molar-refractivity contribution in [1.29, 1.82) is 0 Å². The van der Waals surface area contributed by atoms with Gasteiger partial charge in [0.05, 0.1) is 11.6 Å². The molecule has 0 aliphatic rings. The van der Waals surface area contributed by atoms with Crippen LogP contribution >= 0.6 is 0 Å². The topological polar surface area (TPSA) is 74.5 Å². The largest absolute Gasteiger partial charge is 0.506 e. The lowest BCUT2D eigenvalue weighted by atomic mass is 10.0. The summed E-state index contributed by atoms with van der Waals surface area (Å²) in [5, 5.41) is 24.1. The first-order valence-electron chi connectivity index (χ1n) is 6.65. The summed E-state index contributed by atoms with van der Waals surface area (Å²) in [6.45, 7) is 4.43. The molecular formula is C15H20N2O3. The van der Waals surface area contributed by atoms with E-state index in [1.54, 1.807) is 19.2 Å². The molecule has 0 aliphatic heterocycles. The second-order valence-electron chi connectivity index (χ2n) is 5.25. The van der Waals surface area contributed by atoms with E-state index in [9.17, 15) is 15.0 Å². The fraction of sp³-hybridized carbons (Fsp3) is 0.400. The second kappa shape index (κ2) is 5.64. The van der Waals surface area contributed by atoms with E-state index in [2.05, 4.69) is 5.32 Å². The van der Waals surface area contributed by atoms with Gasteiger partial charge >= 0.3 is 0 Å². The van der Waals surface area contributed by atoms with Crippen molar-refractivity contribution < 1.29 is 10.2 Å². The number of benzene rings is 1. The Morgan fingerprint density at radius 1 is 1.25 bits per heavy atom. The molecule has 1 heterocycles. The van der Waals surface area contributed by atoms with Crippen LogP contribution in [-0.2, 0) is 7.05 Å². The van der Waals surface area contributed by atoms with Gasteiger partial charge in [-0.1, -0.05) is 19.9 Å². The number of rotatable bonds is 4. The van der Waals surface area contributed by atoms with E-state index >= 15 is 0 Å². The summed E-state index contributed by atoms with van der Waals surface area (Å²) in [5.41, 5.74) is 0.944. The first-order valence-corrected chi connectivity index (χ1v) is 6.65. The first-order chi connectivity index (χ1) is 9.41. The second-order valence-corrected chi connectivity index (χ2v) is 5.25. The van der Waals surface area contributed by atoms with Crippen LogP contribution in [0.25, 0.3) is 10.9 Å². The standard InChI is InChI=1S/C15H20N2O3/c1-9(2)16-8-13(19)10-4-6-12(18)15-11(10)5-7-14(20)17(15)3/h4-7,9,13,16,18-19H,8H2,1-3H3. The quantitative estimate of drug-likeness (QED) is 0.786. The van der Waals surface area contributed by atoms with Crippen molar-refractivity contribution in [2.75, 3.05) is 6.54 Å². The number of aromatic hydroxyl groups is 1. The highest BCUT2D eigenvalue weighted by atomic mass is 16.3. The Balaban J connectivity index is 2.53. The number of fused-ring (bicyclic) bond motifs is 1. The molecule has 20 heavy (non-hydrogen) atoms. The van der Waals surface area contributed by atoms with E-state index in [1.807, 2.05) is 13.8 Å². The van der Waals surface area contributed by atoms with Crippen molar-refractivity contribution in [1.82, 2.24) is 9.88 Å². The minimum atomic E-state index is -0.696. The fourth-order valence-corrected chi connectivity index (χ4v) is 2.26. The normalized spacial score (nSPS) is 13.1. The molecule has 5 heteroatoms. The summed E-state index contributed by atoms with van der Waals surface area (Å²) in [6, 6.07) is 6.56. The van der Waals surface area contributed by atoms with Gasteiger partial charge in [-0.05, 0) is 17.7 Å². The average molecular weight is 276 g/mol. The van der Waals surface area contributed by atoms with E-state index in [1.165, 1.54) is 16.7 Å². The number of hydrogen-bond donors (Lipinski definition) is 3. The average Bonchev–Trinajstić information content (AvgIpc) is 2.40. The minimum absolute atomic E-state index is 0.0352. The van der Waals surface area contributed by atoms with Crippen LogP contribution in [0.3, 0.4) is 0 Å². The molecule has 0 saturated heterocycles. The molecule has 1 aromatic carbocycles. The smallest absolute Gasteiger partial charge is 0.250 e. The third-order valence-electron chi connectivity index (χ3n) is 3.37. The number of aryl methyl sites for hydroxylation is 1. The third-order valence-corrected chi connectivity index (χ3v) is 3.37. The van der Waals surface area contributed by atoms with Gasteiger partial charge in [0, 0.05) is 31.1 Å². The van der Waals surface area contributed by atoms with Crippen LogP contribution in [0.4, 0.5) is 0 Å². The van der Waals surface area contributed by atoms with Crippen LogP contribution in [-0.4, -0.2) is 27.4 Å². The van der Waals surface area contributed by atoms with Gasteiger partial charge in [0.1, 0.15) is 5.75 Å². The molecule has 1 unspecified atom stereocenters. The van der Waals surface area contributed by atoms with Gasteiger partial charge in [0.25, 0.3) is 5.56 Å². The van der Waals surface area contributed by atoms with Crippen molar-refractivity contribution in [3.05, 3.63) is 40.2 Å². The number of nitrogens with one attached hydrogen (secondary N) is 1. The highest BCUT2D eigenvalue weighted by molar-refractivity contribution is 5.88. The van der Waals surface area contributed by atoms with Crippen LogP contribution < -0.4 is 10.9 Å². The molecular weight excluding hydrogens is 256 g/mol. The highest BCUT2D eigenvalue weighted by Crippen LogP contribution is 2.29. The fourth-order valence-electron chi connectivity index (χ4n) is 2.26. The first kappa shape index (κ1) is 14.6. The molecule has 0 saturated carbocycles. The number of nitrogens with zero attached hydrogens (tertiary/aromatic N) is 1. The summed E-state index contributed by atoms with van der Waals surface area (Å²) in [6.07, 6.45) is -0.696. The summed E-state index contributed by atoms with van der Waals surface area (Å²) in [5.74, 6) is 0.0352. The molecule has 0 amide bonds. The summed E-state index contributed by atoms with van der Waals surface area (Å²) in [4.78, 5) is 11.7. The molecule has 0 bridgehead atoms. The molecule has 108 valence electrons. The summed E-state index contributed by atoms with van der Waals surface area (Å²) in [7, 11) is 1.60. The SMILES string of the molecule is CC(C)NCC(O)c1ccc(O)c2c1ccc(=O)n2C. The molecule has 5 nitrogen and oxygen atoms in total. The van der Waals surface area contributed by atoms with Crippen LogP contribution in [0.5, 0.6) is 5.75 Å². The Labute approximate surface area is 117 Å². The molecule has 1 atom stereocenters. The number of pyridine rings is 1. The molecule has 2 rings (SSSR count). The molecule has 0 fully saturated rings. The van der Waals surface area contributed by atoms with Crippen LogP contribution in [0.15, 0.2) is 29.1 Å². The zero-order valence-corrected chi connectivity index (χ0v) is 11.9. The molecule has 0 spiro atoms. The van der Waals surface area contributed by atoms with Crippen molar-refractivity contribution in [3.8, 4) is 5.75 Å². The van der Waals surface area contributed by atoms with Gasteiger partial charge in [-0.15, -0.1) is 0 Å². The lowest BCUT2D eigenvalue weighted by molar-refractivity contribution is 0.173. The zero-order valence-electron chi connectivity index (χ0n) is 11.9. The minimum Gasteiger partial charge on any atom is -0.506 e. The Hall–Kier alpha value is -1.85. The van der Waals surface area contributed by atoms with Crippen molar-refractivity contribution in [2.45, 2.75) is 26.0 Å². The number of hydrogen-bond acceptors (Lipinski definition) is 4. The maximum absolute atomic E-state index is 11.7. The zero-order chi connectivity index (χ0) is 14.9. The molecule has 0 aliphatic carbocycles. The third kappa shape index (κ3) is 2.69. The maximum Gasteiger partial charge on any atom is 0.250 e. The predicted octanol–water partition coefficient (Wildman–Crippen LogP) is 1.28. The lowest BCUT2D eigenvalue weighted by Crippen LogP contribution is -2.28. The van der Waals surface area contributed by atoms with Crippen molar-refractivity contribution >= 4 is 10.9 Å². The van der Waals surface area contributed by atoms with Gasteiger partial charge in [0.2, 0.25) is 0 Å². The number of phenolic OH excluding ortho intramolecular Hbond substituents is 1. The molecule has 0 radical (unpaired) electrons. The van der Waals surface area contributed by atoms with E-state index in [-0.39, 0.29) is 17.4 Å². The van der Waals surface area contributed by atoms with E-state index < -0.39 is 6.10 Å². The lowest BCUT2D eigenvalue weighted by Gasteiger charge is -2.17. The van der Waals surface area contributed by atoms with Gasteiger partial charge in [-0.25, -0.2) is 0 Å². The predicted molar refractivity (Wildman–Crippen MR) is 79.0 cm³/mol. The molecule has 1 aromatic heterocycles. The Morgan fingerprint density at radius 2 is 1.95 bits per heavy atom. The van der Waals surface area contributed by atoms with Crippen LogP contribution in [0, 0.1) is 0 Å². The van der Waals surface area contributed by atoms with Gasteiger partial charge in [0.15, 0.2) is 0 Å². The Kier molecular flexibility index (Phi) is 4.11. The van der Waals surface area contributed by atoms with Gasteiger partial charge in [-0.2, -0.15) is 0 Å². The maximum atomic E-state index is 11.7. The van der Waals surface area contributed by atoms with Gasteiger partial charge in [-0.3, -0.25) is 4.79 Å². The molecule has 2 aromatic rings. The summed E-state index contributed by atoms with van der Waals surface area (Å²) >= 11 is 0. The van der Waals surface area contributed by atoms with E-state index in [4.69, 9.17) is 0 Å². The highest BCUT2D eigenvalue weighted by Gasteiger charge is 2.15. The van der Waals surface area contributed by atoms with Crippen LogP contribution in [0.1, 0.15) is 25.5 Å². The van der Waals surface area contributed by atoms with E-state index in [0.29, 0.717) is 23.0 Å². The number of aromatic nitrogens is 1. The van der Waals surface area contributed by atoms with Crippen molar-refractivity contribution in [3.63, 3.8) is 0 Å². The van der Waals surface area contributed by atoms with Crippen molar-refractivity contribution in [2.24, 2.45) is 7.05 Å². The van der Waals surface area contributed by atoms with E-state index in [0.717, 1.165) is 0 Å². The monoisotopic (exact) mass is 276 g/mol. The number of phenols is 1.